The Morgan fingerprint density at radius 3 is 2.62 bits per heavy atom. The van der Waals surface area contributed by atoms with Crippen LogP contribution < -0.4 is 5.32 Å². The van der Waals surface area contributed by atoms with Gasteiger partial charge in [-0.1, -0.05) is 0 Å². The minimum absolute atomic E-state index is 0.0191. The molecule has 3 N–H and O–H groups in total. The molecule has 0 aliphatic carbocycles. The lowest BCUT2D eigenvalue weighted by atomic mass is 10.0. The summed E-state index contributed by atoms with van der Waals surface area (Å²) in [6.45, 7) is 0.115. The number of hydrogen-bond donors (Lipinski definition) is 3. The Balaban J connectivity index is 3.18. The van der Waals surface area contributed by atoms with Gasteiger partial charge in [-0.05, 0) is 24.7 Å². The highest BCUT2D eigenvalue weighted by atomic mass is 19.2. The summed E-state index contributed by atoms with van der Waals surface area (Å²) >= 11 is 0. The first-order valence-electron chi connectivity index (χ1n) is 4.52. The van der Waals surface area contributed by atoms with Crippen LogP contribution >= 0.6 is 0 Å². The van der Waals surface area contributed by atoms with Gasteiger partial charge in [0.2, 0.25) is 0 Å². The van der Waals surface area contributed by atoms with Gasteiger partial charge >= 0.3 is 5.97 Å². The van der Waals surface area contributed by atoms with Gasteiger partial charge in [0.1, 0.15) is 0 Å². The maximum absolute atomic E-state index is 13.0. The molecule has 1 rings (SSSR count). The molecule has 1 aromatic carbocycles. The van der Waals surface area contributed by atoms with Crippen LogP contribution in [-0.2, 0) is 0 Å². The van der Waals surface area contributed by atoms with Gasteiger partial charge in [-0.15, -0.1) is 0 Å². The summed E-state index contributed by atoms with van der Waals surface area (Å²) in [5, 5.41) is 20.8. The average Bonchev–Trinajstić information content (AvgIpc) is 2.21. The lowest BCUT2D eigenvalue weighted by molar-refractivity contribution is 0.0690. The van der Waals surface area contributed by atoms with E-state index in [0.717, 1.165) is 12.1 Å². The lowest BCUT2D eigenvalue weighted by Crippen LogP contribution is -2.17. The minimum atomic E-state index is -1.57. The topological polar surface area (TPSA) is 69.6 Å². The molecule has 0 heterocycles. The molecular formula is C10H11F2NO3. The van der Waals surface area contributed by atoms with Crippen molar-refractivity contribution in [1.29, 1.82) is 0 Å². The summed E-state index contributed by atoms with van der Waals surface area (Å²) in [6.07, 6.45) is -1.09. The van der Waals surface area contributed by atoms with E-state index in [4.69, 9.17) is 5.11 Å². The molecule has 0 aliphatic heterocycles. The molecule has 16 heavy (non-hydrogen) atoms. The minimum Gasteiger partial charge on any atom is -0.478 e. The predicted octanol–water partition coefficient (Wildman–Crippen LogP) is 0.916. The molecule has 0 bridgehead atoms. The number of rotatable bonds is 4. The number of carboxylic acids is 1. The zero-order chi connectivity index (χ0) is 12.3. The number of aliphatic hydroxyl groups excluding tert-OH is 1. The van der Waals surface area contributed by atoms with Crippen LogP contribution in [0.1, 0.15) is 22.0 Å². The molecule has 1 aromatic rings. The van der Waals surface area contributed by atoms with E-state index in [2.05, 4.69) is 5.32 Å². The predicted molar refractivity (Wildman–Crippen MR) is 52.2 cm³/mol. The summed E-state index contributed by atoms with van der Waals surface area (Å²) < 4.78 is 26.1. The van der Waals surface area contributed by atoms with E-state index in [1.54, 1.807) is 7.05 Å². The summed E-state index contributed by atoms with van der Waals surface area (Å²) in [4.78, 5) is 10.6. The van der Waals surface area contributed by atoms with Crippen LogP contribution in [0.5, 0.6) is 0 Å². The number of nitrogens with one attached hydrogen (secondary N) is 1. The Kier molecular flexibility index (Phi) is 3.92. The van der Waals surface area contributed by atoms with Gasteiger partial charge in [-0.2, -0.15) is 0 Å². The molecule has 88 valence electrons. The molecular weight excluding hydrogens is 220 g/mol. The van der Waals surface area contributed by atoms with Crippen LogP contribution in [0.2, 0.25) is 0 Å². The third-order valence-corrected chi connectivity index (χ3v) is 2.06. The number of likely N-dealkylation sites (N-methyl/N-ethyl adjacent to an activating group) is 1. The zero-order valence-electron chi connectivity index (χ0n) is 8.50. The fraction of sp³-hybridized carbons (Fsp3) is 0.300. The van der Waals surface area contributed by atoms with Crippen LogP contribution in [0.4, 0.5) is 8.78 Å². The molecule has 0 aliphatic rings. The maximum Gasteiger partial charge on any atom is 0.338 e. The van der Waals surface area contributed by atoms with Crippen molar-refractivity contribution in [3.05, 3.63) is 34.9 Å². The quantitative estimate of drug-likeness (QED) is 0.720. The van der Waals surface area contributed by atoms with Gasteiger partial charge in [0.15, 0.2) is 11.6 Å². The molecule has 1 atom stereocenters. The Bertz CT molecular complexity index is 409. The molecule has 0 radical (unpaired) electrons. The Hall–Kier alpha value is -1.53. The van der Waals surface area contributed by atoms with E-state index >= 15 is 0 Å². The Morgan fingerprint density at radius 1 is 1.50 bits per heavy atom. The van der Waals surface area contributed by atoms with Crippen molar-refractivity contribution in [3.63, 3.8) is 0 Å². The number of hydrogen-bond acceptors (Lipinski definition) is 3. The molecule has 0 saturated heterocycles. The molecule has 1 unspecified atom stereocenters. The number of carboxylic acid groups (broad SMARTS) is 1. The van der Waals surface area contributed by atoms with Crippen molar-refractivity contribution in [3.8, 4) is 0 Å². The number of aliphatic hydroxyl groups is 1. The normalized spacial score (nSPS) is 12.5. The van der Waals surface area contributed by atoms with Crippen molar-refractivity contribution in [1.82, 2.24) is 5.32 Å². The maximum atomic E-state index is 13.0. The monoisotopic (exact) mass is 231 g/mol. The Morgan fingerprint density at radius 2 is 2.12 bits per heavy atom. The van der Waals surface area contributed by atoms with E-state index in [1.165, 1.54) is 0 Å². The summed E-state index contributed by atoms with van der Waals surface area (Å²) in [5.74, 6) is -4.28. The van der Waals surface area contributed by atoms with E-state index in [-0.39, 0.29) is 12.1 Å². The second-order valence-electron chi connectivity index (χ2n) is 3.24. The van der Waals surface area contributed by atoms with Gasteiger partial charge < -0.3 is 15.5 Å². The fourth-order valence-electron chi connectivity index (χ4n) is 1.27. The van der Waals surface area contributed by atoms with Crippen molar-refractivity contribution < 1.29 is 23.8 Å². The SMILES string of the molecule is CNCC(O)c1cc(F)c(F)c(C(=O)O)c1. The molecule has 0 aromatic heterocycles. The largest absolute Gasteiger partial charge is 0.478 e. The van der Waals surface area contributed by atoms with Crippen LogP contribution in [-0.4, -0.2) is 29.8 Å². The summed E-state index contributed by atoms with van der Waals surface area (Å²) in [6, 6.07) is 1.70. The first-order valence-corrected chi connectivity index (χ1v) is 4.52. The van der Waals surface area contributed by atoms with Crippen LogP contribution in [0.25, 0.3) is 0 Å². The zero-order valence-corrected chi connectivity index (χ0v) is 8.50. The Labute approximate surface area is 90.5 Å². The van der Waals surface area contributed by atoms with Crippen LogP contribution in [0, 0.1) is 11.6 Å². The third-order valence-electron chi connectivity index (χ3n) is 2.06. The van der Waals surface area contributed by atoms with Crippen molar-refractivity contribution in [2.45, 2.75) is 6.10 Å². The lowest BCUT2D eigenvalue weighted by Gasteiger charge is -2.11. The molecule has 4 nitrogen and oxygen atoms in total. The summed E-state index contributed by atoms with van der Waals surface area (Å²) in [7, 11) is 1.57. The standard InChI is InChI=1S/C10H11F2NO3/c1-13-4-8(14)5-2-6(10(15)16)9(12)7(11)3-5/h2-3,8,13-14H,4H2,1H3,(H,15,16). The van der Waals surface area contributed by atoms with Gasteiger partial charge in [-0.3, -0.25) is 0 Å². The van der Waals surface area contributed by atoms with Gasteiger partial charge in [-0.25, -0.2) is 13.6 Å². The van der Waals surface area contributed by atoms with E-state index in [1.807, 2.05) is 0 Å². The molecule has 0 fully saturated rings. The second kappa shape index (κ2) is 5.00. The highest BCUT2D eigenvalue weighted by molar-refractivity contribution is 5.88. The van der Waals surface area contributed by atoms with E-state index in [0.29, 0.717) is 0 Å². The molecule has 0 saturated carbocycles. The molecule has 0 spiro atoms. The van der Waals surface area contributed by atoms with Crippen molar-refractivity contribution in [2.24, 2.45) is 0 Å². The van der Waals surface area contributed by atoms with Crippen LogP contribution in [0.15, 0.2) is 12.1 Å². The number of carbonyl (C=O) groups is 1. The first kappa shape index (κ1) is 12.5. The van der Waals surface area contributed by atoms with E-state index < -0.39 is 29.3 Å². The average molecular weight is 231 g/mol. The second-order valence-corrected chi connectivity index (χ2v) is 3.24. The number of halogens is 2. The number of aromatic carboxylic acids is 1. The van der Waals surface area contributed by atoms with Gasteiger partial charge in [0.25, 0.3) is 0 Å². The van der Waals surface area contributed by atoms with Crippen LogP contribution in [0.3, 0.4) is 0 Å². The van der Waals surface area contributed by atoms with Gasteiger partial charge in [0, 0.05) is 6.54 Å². The number of benzene rings is 1. The summed E-state index contributed by atoms with van der Waals surface area (Å²) in [5.41, 5.74) is -0.768. The fourth-order valence-corrected chi connectivity index (χ4v) is 1.27. The highest BCUT2D eigenvalue weighted by Crippen LogP contribution is 2.20. The third kappa shape index (κ3) is 2.53. The molecule has 6 heteroatoms. The smallest absolute Gasteiger partial charge is 0.338 e. The van der Waals surface area contributed by atoms with E-state index in [9.17, 15) is 18.7 Å². The van der Waals surface area contributed by atoms with Gasteiger partial charge in [0.05, 0.1) is 11.7 Å². The van der Waals surface area contributed by atoms with Crippen molar-refractivity contribution >= 4 is 5.97 Å². The molecule has 0 amide bonds. The highest BCUT2D eigenvalue weighted by Gasteiger charge is 2.19. The van der Waals surface area contributed by atoms with Crippen molar-refractivity contribution in [2.75, 3.05) is 13.6 Å². The first-order chi connectivity index (χ1) is 7.47.